The van der Waals surface area contributed by atoms with Crippen molar-refractivity contribution in [2.45, 2.75) is 18.5 Å². The zero-order valence-corrected chi connectivity index (χ0v) is 17.1. The molecule has 2 aromatic heterocycles. The predicted molar refractivity (Wildman–Crippen MR) is 114 cm³/mol. The molecule has 31 heavy (non-hydrogen) atoms. The largest absolute Gasteiger partial charge is 0.491 e. The van der Waals surface area contributed by atoms with Crippen LogP contribution in [0.5, 0.6) is 5.75 Å². The van der Waals surface area contributed by atoms with Crippen LogP contribution in [-0.4, -0.2) is 58.2 Å². The van der Waals surface area contributed by atoms with E-state index in [0.29, 0.717) is 29.0 Å². The average Bonchev–Trinajstić information content (AvgIpc) is 3.53. The third-order valence-electron chi connectivity index (χ3n) is 5.86. The van der Waals surface area contributed by atoms with Gasteiger partial charge in [0.15, 0.2) is 11.6 Å². The number of aryl methyl sites for hydroxylation is 1. The Labute approximate surface area is 179 Å². The van der Waals surface area contributed by atoms with Gasteiger partial charge < -0.3 is 14.5 Å². The molecule has 2 saturated heterocycles. The maximum absolute atomic E-state index is 12.4. The Morgan fingerprint density at radius 1 is 1.23 bits per heavy atom. The molecule has 2 bridgehead atoms. The lowest BCUT2D eigenvalue weighted by molar-refractivity contribution is 0.273. The minimum atomic E-state index is -0.505. The molecule has 0 N–H and O–H groups in total. The zero-order valence-electron chi connectivity index (χ0n) is 17.1. The number of halogens is 1. The van der Waals surface area contributed by atoms with Crippen molar-refractivity contribution < 1.29 is 9.13 Å². The second-order valence-corrected chi connectivity index (χ2v) is 7.83. The maximum atomic E-state index is 12.4. The fourth-order valence-corrected chi connectivity index (χ4v) is 4.50. The molecule has 2 fully saturated rings. The van der Waals surface area contributed by atoms with Crippen molar-refractivity contribution in [2.24, 2.45) is 7.05 Å². The molecule has 8 nitrogen and oxygen atoms in total. The third-order valence-corrected chi connectivity index (χ3v) is 5.86. The van der Waals surface area contributed by atoms with Crippen LogP contribution >= 0.6 is 0 Å². The van der Waals surface area contributed by atoms with E-state index in [1.165, 1.54) is 0 Å². The van der Waals surface area contributed by atoms with Gasteiger partial charge in [0.05, 0.1) is 24.0 Å². The van der Waals surface area contributed by atoms with Crippen LogP contribution in [0.15, 0.2) is 42.9 Å². The van der Waals surface area contributed by atoms with Crippen molar-refractivity contribution in [1.82, 2.24) is 19.7 Å². The lowest BCUT2D eigenvalue weighted by Crippen LogP contribution is -2.47. The number of hydrogen-bond donors (Lipinski definition) is 0. The van der Waals surface area contributed by atoms with E-state index >= 15 is 0 Å². The molecule has 2 aliphatic rings. The smallest absolute Gasteiger partial charge is 0.164 e. The number of ether oxygens (including phenoxy) is 1. The molecule has 0 amide bonds. The quantitative estimate of drug-likeness (QED) is 0.607. The van der Waals surface area contributed by atoms with Crippen LogP contribution in [0.25, 0.3) is 11.4 Å². The summed E-state index contributed by atoms with van der Waals surface area (Å²) in [4.78, 5) is 13.7. The first-order valence-corrected chi connectivity index (χ1v) is 10.2. The molecule has 0 aliphatic carbocycles. The second kappa shape index (κ2) is 7.87. The summed E-state index contributed by atoms with van der Waals surface area (Å²) in [6.07, 6.45) is 6.18. The Hall–Kier alpha value is -3.67. The standard InChI is InChI=1S/C22H22FN7O/c1-28-12-16(11-26-28)21-25-10-15(9-24)22(27-21)30-14-18-7-19(30)13-29(18)17-3-2-4-20(8-17)31-6-5-23/h2-4,8,10-12,18-19H,5-7,13-14H2,1H3/t18-,19+/m1/s1. The Morgan fingerprint density at radius 2 is 2.06 bits per heavy atom. The Balaban J connectivity index is 1.38. The number of aromatic nitrogens is 4. The summed E-state index contributed by atoms with van der Waals surface area (Å²) in [6, 6.07) is 10.6. The molecule has 0 saturated carbocycles. The van der Waals surface area contributed by atoms with E-state index in [2.05, 4.69) is 32.0 Å². The van der Waals surface area contributed by atoms with Crippen molar-refractivity contribution >= 4 is 11.5 Å². The van der Waals surface area contributed by atoms with Crippen LogP contribution < -0.4 is 14.5 Å². The highest BCUT2D eigenvalue weighted by Gasteiger charge is 2.44. The summed E-state index contributed by atoms with van der Waals surface area (Å²) in [5.74, 6) is 1.93. The van der Waals surface area contributed by atoms with Gasteiger partial charge in [0, 0.05) is 44.1 Å². The van der Waals surface area contributed by atoms with Gasteiger partial charge in [-0.2, -0.15) is 10.4 Å². The van der Waals surface area contributed by atoms with Crippen molar-refractivity contribution in [3.05, 3.63) is 48.4 Å². The van der Waals surface area contributed by atoms with Crippen molar-refractivity contribution in [3.63, 3.8) is 0 Å². The molecule has 2 aliphatic heterocycles. The normalized spacial score (nSPS) is 19.6. The maximum Gasteiger partial charge on any atom is 0.164 e. The van der Waals surface area contributed by atoms with Gasteiger partial charge in [0.25, 0.3) is 0 Å². The Bertz CT molecular complexity index is 1140. The molecular formula is C22H22FN7O. The SMILES string of the molecule is Cn1cc(-c2ncc(C#N)c(N3C[C@H]4C[C@H]3CN4c3cccc(OCCF)c3)n2)cn1. The minimum Gasteiger partial charge on any atom is -0.491 e. The van der Waals surface area contributed by atoms with Gasteiger partial charge in [0.2, 0.25) is 0 Å². The lowest BCUT2D eigenvalue weighted by atomic mass is 10.2. The van der Waals surface area contributed by atoms with E-state index in [4.69, 9.17) is 9.72 Å². The topological polar surface area (TPSA) is 83.1 Å². The molecule has 0 unspecified atom stereocenters. The van der Waals surface area contributed by atoms with E-state index in [0.717, 1.165) is 30.8 Å². The van der Waals surface area contributed by atoms with Crippen LogP contribution in [0.3, 0.4) is 0 Å². The first kappa shape index (κ1) is 19.3. The highest BCUT2D eigenvalue weighted by molar-refractivity contribution is 5.64. The molecule has 5 rings (SSSR count). The van der Waals surface area contributed by atoms with E-state index in [1.807, 2.05) is 31.4 Å². The zero-order chi connectivity index (χ0) is 21.4. The fraction of sp³-hybridized carbons (Fsp3) is 0.364. The van der Waals surface area contributed by atoms with Gasteiger partial charge in [-0.3, -0.25) is 4.68 Å². The number of rotatable bonds is 6. The van der Waals surface area contributed by atoms with Gasteiger partial charge in [-0.05, 0) is 18.6 Å². The molecule has 0 radical (unpaired) electrons. The number of benzene rings is 1. The summed E-state index contributed by atoms with van der Waals surface area (Å²) in [6.45, 7) is 1.16. The number of nitriles is 1. The molecular weight excluding hydrogens is 397 g/mol. The number of anilines is 2. The summed E-state index contributed by atoms with van der Waals surface area (Å²) in [7, 11) is 1.85. The highest BCUT2D eigenvalue weighted by Crippen LogP contribution is 2.38. The van der Waals surface area contributed by atoms with Crippen LogP contribution in [0.1, 0.15) is 12.0 Å². The molecule has 2 atom stereocenters. The van der Waals surface area contributed by atoms with Gasteiger partial charge in [0.1, 0.15) is 30.7 Å². The van der Waals surface area contributed by atoms with Crippen molar-refractivity contribution in [1.29, 1.82) is 5.26 Å². The van der Waals surface area contributed by atoms with Crippen LogP contribution in [0, 0.1) is 11.3 Å². The Morgan fingerprint density at radius 3 is 2.77 bits per heavy atom. The summed E-state index contributed by atoms with van der Waals surface area (Å²) in [5.41, 5.74) is 2.38. The van der Waals surface area contributed by atoms with Crippen LogP contribution in [-0.2, 0) is 7.05 Å². The summed E-state index contributed by atoms with van der Waals surface area (Å²) in [5, 5.41) is 13.8. The van der Waals surface area contributed by atoms with Crippen LogP contribution in [0.4, 0.5) is 15.9 Å². The number of alkyl halides is 1. The minimum absolute atomic E-state index is 0.0627. The van der Waals surface area contributed by atoms with E-state index < -0.39 is 6.67 Å². The first-order chi connectivity index (χ1) is 15.2. The van der Waals surface area contributed by atoms with Gasteiger partial charge in [-0.25, -0.2) is 14.4 Å². The molecule has 158 valence electrons. The predicted octanol–water partition coefficient (Wildman–Crippen LogP) is 2.56. The van der Waals surface area contributed by atoms with Gasteiger partial charge in [-0.1, -0.05) is 6.07 Å². The van der Waals surface area contributed by atoms with Gasteiger partial charge >= 0.3 is 0 Å². The number of piperazine rings is 1. The van der Waals surface area contributed by atoms with Crippen molar-refractivity contribution in [2.75, 3.05) is 36.2 Å². The highest BCUT2D eigenvalue weighted by atomic mass is 19.1. The molecule has 1 aromatic carbocycles. The van der Waals surface area contributed by atoms with Crippen molar-refractivity contribution in [3.8, 4) is 23.2 Å². The fourth-order valence-electron chi connectivity index (χ4n) is 4.50. The first-order valence-electron chi connectivity index (χ1n) is 10.2. The second-order valence-electron chi connectivity index (χ2n) is 7.83. The molecule has 4 heterocycles. The monoisotopic (exact) mass is 419 g/mol. The van der Waals surface area contributed by atoms with E-state index in [1.54, 1.807) is 17.1 Å². The van der Waals surface area contributed by atoms with Gasteiger partial charge in [-0.15, -0.1) is 0 Å². The van der Waals surface area contributed by atoms with E-state index in [9.17, 15) is 9.65 Å². The van der Waals surface area contributed by atoms with E-state index in [-0.39, 0.29) is 12.6 Å². The van der Waals surface area contributed by atoms with Crippen LogP contribution in [0.2, 0.25) is 0 Å². The average molecular weight is 419 g/mol. The molecule has 3 aromatic rings. The number of fused-ring (bicyclic) bond motifs is 2. The Kier molecular flexibility index (Phi) is 4.90. The summed E-state index contributed by atoms with van der Waals surface area (Å²) < 4.78 is 19.6. The number of hydrogen-bond acceptors (Lipinski definition) is 7. The molecule has 9 heteroatoms. The third kappa shape index (κ3) is 3.54. The lowest BCUT2D eigenvalue weighted by Gasteiger charge is -2.36. The number of nitrogens with zero attached hydrogens (tertiary/aromatic N) is 7. The molecule has 0 spiro atoms. The summed E-state index contributed by atoms with van der Waals surface area (Å²) >= 11 is 0.